The van der Waals surface area contributed by atoms with Gasteiger partial charge in [-0.15, -0.1) is 0 Å². The summed E-state index contributed by atoms with van der Waals surface area (Å²) < 4.78 is 0. The summed E-state index contributed by atoms with van der Waals surface area (Å²) in [5.74, 6) is 0.422. The van der Waals surface area contributed by atoms with Crippen LogP contribution in [0.25, 0.3) is 10.4 Å². The molecule has 2 aliphatic rings. The number of rotatable bonds is 7. The van der Waals surface area contributed by atoms with Crippen molar-refractivity contribution in [2.75, 3.05) is 0 Å². The van der Waals surface area contributed by atoms with Crippen molar-refractivity contribution in [3.8, 4) is 0 Å². The van der Waals surface area contributed by atoms with E-state index in [2.05, 4.69) is 16.9 Å². The summed E-state index contributed by atoms with van der Waals surface area (Å²) in [5.41, 5.74) is 8.44. The van der Waals surface area contributed by atoms with Gasteiger partial charge < -0.3 is 5.11 Å². The standard InChI is InChI=1S/C16H27N3O2/c1-2-3-6-12(18-19-17)11-14(20)13-7-4-5-9-16(13)10-8-15(16)21/h12-14,20H,2-11H2,1H3/t12-,13+,14-,16+/m0/s1. The third-order valence-electron chi connectivity index (χ3n) is 5.54. The fraction of sp³-hybridized carbons (Fsp3) is 0.938. The largest absolute Gasteiger partial charge is 0.393 e. The number of hydrogen-bond donors (Lipinski definition) is 1. The summed E-state index contributed by atoms with van der Waals surface area (Å²) in [6.07, 6.45) is 8.57. The molecular formula is C16H27N3O2. The number of nitrogens with zero attached hydrogens (tertiary/aromatic N) is 3. The minimum atomic E-state index is -0.512. The molecule has 0 aromatic rings. The fourth-order valence-corrected chi connectivity index (χ4v) is 4.21. The van der Waals surface area contributed by atoms with Crippen LogP contribution >= 0.6 is 0 Å². The number of carbonyl (C=O) groups excluding carboxylic acids is 1. The molecule has 5 nitrogen and oxygen atoms in total. The van der Waals surface area contributed by atoms with Crippen molar-refractivity contribution in [3.63, 3.8) is 0 Å². The highest BCUT2D eigenvalue weighted by molar-refractivity contribution is 5.90. The Labute approximate surface area is 126 Å². The summed E-state index contributed by atoms with van der Waals surface area (Å²) in [7, 11) is 0. The lowest BCUT2D eigenvalue weighted by Crippen LogP contribution is -2.52. The topological polar surface area (TPSA) is 86.1 Å². The highest BCUT2D eigenvalue weighted by Crippen LogP contribution is 2.54. The smallest absolute Gasteiger partial charge is 0.139 e. The van der Waals surface area contributed by atoms with Crippen LogP contribution in [-0.2, 0) is 4.79 Å². The minimum absolute atomic E-state index is 0.0746. The van der Waals surface area contributed by atoms with Crippen LogP contribution < -0.4 is 0 Å². The van der Waals surface area contributed by atoms with Crippen LogP contribution in [-0.4, -0.2) is 23.0 Å². The number of unbranched alkanes of at least 4 members (excludes halogenated alkanes) is 1. The van der Waals surface area contributed by atoms with Gasteiger partial charge in [0.15, 0.2) is 0 Å². The number of azide groups is 1. The van der Waals surface area contributed by atoms with Gasteiger partial charge in [-0.3, -0.25) is 4.79 Å². The average molecular weight is 293 g/mol. The van der Waals surface area contributed by atoms with Crippen molar-refractivity contribution in [2.45, 2.75) is 83.3 Å². The number of ketones is 1. The summed E-state index contributed by atoms with van der Waals surface area (Å²) in [5, 5.41) is 14.5. The molecule has 21 heavy (non-hydrogen) atoms. The Morgan fingerprint density at radius 3 is 2.86 bits per heavy atom. The van der Waals surface area contributed by atoms with Crippen molar-refractivity contribution >= 4 is 5.78 Å². The molecule has 0 amide bonds. The van der Waals surface area contributed by atoms with Gasteiger partial charge in [0, 0.05) is 22.8 Å². The van der Waals surface area contributed by atoms with Crippen molar-refractivity contribution < 1.29 is 9.90 Å². The van der Waals surface area contributed by atoms with E-state index in [1.165, 1.54) is 0 Å². The lowest BCUT2D eigenvalue weighted by Gasteiger charge is -2.51. The van der Waals surface area contributed by atoms with Crippen LogP contribution in [0.4, 0.5) is 0 Å². The van der Waals surface area contributed by atoms with Gasteiger partial charge in [-0.2, -0.15) is 0 Å². The number of carbonyl (C=O) groups is 1. The second-order valence-electron chi connectivity index (χ2n) is 6.74. The summed E-state index contributed by atoms with van der Waals surface area (Å²) in [6.45, 7) is 2.10. The minimum Gasteiger partial charge on any atom is -0.393 e. The molecule has 0 bridgehead atoms. The van der Waals surface area contributed by atoms with Gasteiger partial charge in [0.05, 0.1) is 6.10 Å². The van der Waals surface area contributed by atoms with Crippen LogP contribution in [0.15, 0.2) is 5.11 Å². The molecule has 0 heterocycles. The van der Waals surface area contributed by atoms with Crippen LogP contribution in [0.3, 0.4) is 0 Å². The normalized spacial score (nSPS) is 31.3. The van der Waals surface area contributed by atoms with E-state index in [1.807, 2.05) is 0 Å². The van der Waals surface area contributed by atoms with Gasteiger partial charge in [0.1, 0.15) is 5.78 Å². The second-order valence-corrected chi connectivity index (χ2v) is 6.74. The highest BCUT2D eigenvalue weighted by atomic mass is 16.3. The molecular weight excluding hydrogens is 266 g/mol. The Morgan fingerprint density at radius 2 is 2.29 bits per heavy atom. The van der Waals surface area contributed by atoms with E-state index in [4.69, 9.17) is 5.53 Å². The zero-order chi connectivity index (χ0) is 15.3. The number of Topliss-reactive ketones (excluding diaryl/α,β-unsaturated/α-hetero) is 1. The maximum Gasteiger partial charge on any atom is 0.139 e. The first-order chi connectivity index (χ1) is 10.1. The molecule has 0 saturated heterocycles. The molecule has 0 aliphatic heterocycles. The Hall–Kier alpha value is -1.06. The SMILES string of the molecule is CCCC[C@@H](C[C@H](O)[C@H]1CCCC[C@@]12CCC2=O)N=[N+]=[N-]. The van der Waals surface area contributed by atoms with E-state index in [1.54, 1.807) is 0 Å². The van der Waals surface area contributed by atoms with Crippen molar-refractivity contribution in [1.82, 2.24) is 0 Å². The molecule has 2 fully saturated rings. The van der Waals surface area contributed by atoms with Gasteiger partial charge in [0.25, 0.3) is 0 Å². The molecule has 0 aromatic heterocycles. The van der Waals surface area contributed by atoms with Gasteiger partial charge in [0.2, 0.25) is 0 Å². The van der Waals surface area contributed by atoms with Crippen molar-refractivity contribution in [1.29, 1.82) is 0 Å². The first-order valence-corrected chi connectivity index (χ1v) is 8.39. The van der Waals surface area contributed by atoms with E-state index < -0.39 is 6.10 Å². The predicted octanol–water partition coefficient (Wildman–Crippen LogP) is 4.15. The number of aliphatic hydroxyl groups is 1. The molecule has 118 valence electrons. The van der Waals surface area contributed by atoms with Crippen LogP contribution in [0.1, 0.15) is 71.1 Å². The zero-order valence-electron chi connectivity index (χ0n) is 13.0. The van der Waals surface area contributed by atoms with Gasteiger partial charge in [-0.05, 0) is 43.6 Å². The Kier molecular flexibility index (Phi) is 5.65. The van der Waals surface area contributed by atoms with Crippen molar-refractivity contribution in [3.05, 3.63) is 10.4 Å². The Bertz CT molecular complexity index is 420. The monoisotopic (exact) mass is 293 g/mol. The molecule has 0 unspecified atom stereocenters. The van der Waals surface area contributed by atoms with Gasteiger partial charge in [-0.25, -0.2) is 0 Å². The molecule has 0 radical (unpaired) electrons. The maximum atomic E-state index is 12.1. The first-order valence-electron chi connectivity index (χ1n) is 8.39. The average Bonchev–Trinajstić information content (AvgIpc) is 2.51. The van der Waals surface area contributed by atoms with Gasteiger partial charge >= 0.3 is 0 Å². The van der Waals surface area contributed by atoms with Crippen LogP contribution in [0.5, 0.6) is 0 Å². The second kappa shape index (κ2) is 7.28. The van der Waals surface area contributed by atoms with E-state index in [9.17, 15) is 9.90 Å². The molecule has 4 atom stereocenters. The van der Waals surface area contributed by atoms with E-state index in [-0.39, 0.29) is 17.4 Å². The molecule has 2 rings (SSSR count). The van der Waals surface area contributed by atoms with Crippen LogP contribution in [0, 0.1) is 11.3 Å². The predicted molar refractivity (Wildman–Crippen MR) is 81.7 cm³/mol. The highest BCUT2D eigenvalue weighted by Gasteiger charge is 2.54. The Balaban J connectivity index is 2.01. The maximum absolute atomic E-state index is 12.1. The molecule has 5 heteroatoms. The van der Waals surface area contributed by atoms with E-state index in [0.717, 1.165) is 51.4 Å². The van der Waals surface area contributed by atoms with E-state index in [0.29, 0.717) is 18.6 Å². The van der Waals surface area contributed by atoms with Gasteiger partial charge in [-0.1, -0.05) is 37.7 Å². The lowest BCUT2D eigenvalue weighted by molar-refractivity contribution is -0.152. The molecule has 0 aromatic carbocycles. The molecule has 2 saturated carbocycles. The lowest BCUT2D eigenvalue weighted by atomic mass is 9.53. The number of aliphatic hydroxyl groups excluding tert-OH is 1. The summed E-state index contributed by atoms with van der Waals surface area (Å²) >= 11 is 0. The molecule has 1 N–H and O–H groups in total. The molecule has 2 aliphatic carbocycles. The van der Waals surface area contributed by atoms with E-state index >= 15 is 0 Å². The summed E-state index contributed by atoms with van der Waals surface area (Å²) in [6, 6.07) is -0.140. The first kappa shape index (κ1) is 16.3. The number of hydrogen-bond acceptors (Lipinski definition) is 3. The molecule has 1 spiro atoms. The third-order valence-corrected chi connectivity index (χ3v) is 5.54. The fourth-order valence-electron chi connectivity index (χ4n) is 4.21. The zero-order valence-corrected chi connectivity index (χ0v) is 13.0. The third kappa shape index (κ3) is 3.41. The van der Waals surface area contributed by atoms with Crippen molar-refractivity contribution in [2.24, 2.45) is 16.4 Å². The quantitative estimate of drug-likeness (QED) is 0.434. The van der Waals surface area contributed by atoms with Crippen LogP contribution in [0.2, 0.25) is 0 Å². The summed E-state index contributed by atoms with van der Waals surface area (Å²) in [4.78, 5) is 15.0. The Morgan fingerprint density at radius 1 is 1.48 bits per heavy atom.